The molecular formula is C14H20O4. The molecule has 0 aliphatic carbocycles. The summed E-state index contributed by atoms with van der Waals surface area (Å²) in [6.45, 7) is 1.40. The molecule has 0 saturated carbocycles. The Morgan fingerprint density at radius 3 is 2.39 bits per heavy atom. The van der Waals surface area contributed by atoms with Crippen molar-refractivity contribution in [2.75, 3.05) is 20.3 Å². The molecule has 0 bridgehead atoms. The van der Waals surface area contributed by atoms with Gasteiger partial charge in [0.2, 0.25) is 0 Å². The highest BCUT2D eigenvalue weighted by Crippen LogP contribution is 2.31. The number of rotatable bonds is 2. The molecule has 1 aliphatic rings. The first kappa shape index (κ1) is 13.2. The van der Waals surface area contributed by atoms with E-state index in [1.54, 1.807) is 18.2 Å². The van der Waals surface area contributed by atoms with Crippen LogP contribution in [0.5, 0.6) is 11.5 Å². The third-order valence-electron chi connectivity index (χ3n) is 3.05. The maximum atomic E-state index is 9.57. The van der Waals surface area contributed by atoms with Gasteiger partial charge in [-0.15, -0.1) is 0 Å². The van der Waals surface area contributed by atoms with Crippen molar-refractivity contribution in [1.82, 2.24) is 0 Å². The molecule has 0 amide bonds. The average Bonchev–Trinajstić information content (AvgIpc) is 2.53. The minimum absolute atomic E-state index is 0.129. The fraction of sp³-hybridized carbons (Fsp3) is 0.571. The number of phenols is 1. The van der Waals surface area contributed by atoms with Crippen LogP contribution in [-0.4, -0.2) is 25.4 Å². The minimum Gasteiger partial charge on any atom is -0.504 e. The Morgan fingerprint density at radius 2 is 1.78 bits per heavy atom. The second kappa shape index (κ2) is 6.61. The third kappa shape index (κ3) is 3.37. The van der Waals surface area contributed by atoms with Crippen molar-refractivity contribution < 1.29 is 19.3 Å². The molecule has 100 valence electrons. The summed E-state index contributed by atoms with van der Waals surface area (Å²) >= 11 is 0. The van der Waals surface area contributed by atoms with E-state index in [1.165, 1.54) is 20.0 Å². The molecule has 2 rings (SSSR count). The van der Waals surface area contributed by atoms with Gasteiger partial charge in [0.25, 0.3) is 0 Å². The number of hydrogen-bond acceptors (Lipinski definition) is 4. The van der Waals surface area contributed by atoms with Gasteiger partial charge in [0.1, 0.15) is 0 Å². The maximum Gasteiger partial charge on any atom is 0.183 e. The molecule has 1 heterocycles. The van der Waals surface area contributed by atoms with Crippen molar-refractivity contribution in [3.63, 3.8) is 0 Å². The molecule has 1 aromatic carbocycles. The maximum absolute atomic E-state index is 9.57. The van der Waals surface area contributed by atoms with Crippen LogP contribution in [0.2, 0.25) is 0 Å². The van der Waals surface area contributed by atoms with E-state index in [2.05, 4.69) is 0 Å². The van der Waals surface area contributed by atoms with E-state index in [9.17, 15) is 5.11 Å². The zero-order chi connectivity index (χ0) is 12.8. The number of aromatic hydroxyl groups is 1. The lowest BCUT2D eigenvalue weighted by molar-refractivity contribution is -0.144. The molecule has 1 saturated heterocycles. The standard InChI is InChI=1S/C14H20O4/c1-16-13-10-11(6-7-12(13)15)14-17-8-4-2-3-5-9-18-14/h6-7,10,14-15H,2-5,8-9H2,1H3. The lowest BCUT2D eigenvalue weighted by Crippen LogP contribution is -2.10. The van der Waals surface area contributed by atoms with Gasteiger partial charge in [0, 0.05) is 5.56 Å². The lowest BCUT2D eigenvalue weighted by atomic mass is 10.2. The average molecular weight is 252 g/mol. The van der Waals surface area contributed by atoms with E-state index < -0.39 is 0 Å². The van der Waals surface area contributed by atoms with Gasteiger partial charge in [-0.3, -0.25) is 0 Å². The van der Waals surface area contributed by atoms with Crippen molar-refractivity contribution in [2.24, 2.45) is 0 Å². The molecule has 1 N–H and O–H groups in total. The summed E-state index contributed by atoms with van der Waals surface area (Å²) in [5.41, 5.74) is 0.881. The molecule has 4 nitrogen and oxygen atoms in total. The quantitative estimate of drug-likeness (QED) is 0.879. The van der Waals surface area contributed by atoms with Gasteiger partial charge in [0.05, 0.1) is 20.3 Å². The first-order valence-electron chi connectivity index (χ1n) is 6.41. The molecule has 0 aromatic heterocycles. The Hall–Kier alpha value is -1.26. The van der Waals surface area contributed by atoms with Crippen LogP contribution in [0, 0.1) is 0 Å². The summed E-state index contributed by atoms with van der Waals surface area (Å²) in [6, 6.07) is 5.17. The number of hydrogen-bond donors (Lipinski definition) is 1. The van der Waals surface area contributed by atoms with Crippen molar-refractivity contribution in [3.05, 3.63) is 23.8 Å². The molecule has 18 heavy (non-hydrogen) atoms. The molecule has 1 aliphatic heterocycles. The van der Waals surface area contributed by atoms with Crippen LogP contribution in [0.4, 0.5) is 0 Å². The highest BCUT2D eigenvalue weighted by atomic mass is 16.7. The number of ether oxygens (including phenoxy) is 3. The largest absolute Gasteiger partial charge is 0.504 e. The van der Waals surface area contributed by atoms with Crippen LogP contribution in [0.15, 0.2) is 18.2 Å². The molecule has 4 heteroatoms. The van der Waals surface area contributed by atoms with E-state index >= 15 is 0 Å². The number of benzene rings is 1. The topological polar surface area (TPSA) is 47.9 Å². The van der Waals surface area contributed by atoms with Crippen molar-refractivity contribution in [1.29, 1.82) is 0 Å². The fourth-order valence-corrected chi connectivity index (χ4v) is 2.02. The minimum atomic E-state index is -0.363. The Labute approximate surface area is 107 Å². The molecule has 0 unspecified atom stereocenters. The summed E-state index contributed by atoms with van der Waals surface area (Å²) in [7, 11) is 1.53. The summed E-state index contributed by atoms with van der Waals surface area (Å²) in [6.07, 6.45) is 4.14. The molecule has 1 aromatic rings. The van der Waals surface area contributed by atoms with Gasteiger partial charge >= 0.3 is 0 Å². The van der Waals surface area contributed by atoms with Gasteiger partial charge in [-0.25, -0.2) is 0 Å². The summed E-state index contributed by atoms with van der Waals surface area (Å²) in [5.74, 6) is 0.573. The van der Waals surface area contributed by atoms with E-state index in [4.69, 9.17) is 14.2 Å². The van der Waals surface area contributed by atoms with Gasteiger partial charge in [-0.05, 0) is 25.0 Å². The second-order valence-electron chi connectivity index (χ2n) is 4.42. The Kier molecular flexibility index (Phi) is 4.84. The Balaban J connectivity index is 2.11. The summed E-state index contributed by atoms with van der Waals surface area (Å²) in [5, 5.41) is 9.57. The summed E-state index contributed by atoms with van der Waals surface area (Å²) in [4.78, 5) is 0. The molecule has 0 radical (unpaired) electrons. The zero-order valence-corrected chi connectivity index (χ0v) is 10.7. The molecule has 0 spiro atoms. The van der Waals surface area contributed by atoms with Gasteiger partial charge in [-0.1, -0.05) is 18.9 Å². The highest BCUT2D eigenvalue weighted by Gasteiger charge is 2.16. The molecule has 1 fully saturated rings. The van der Waals surface area contributed by atoms with Gasteiger partial charge in [0.15, 0.2) is 17.8 Å². The molecule has 0 atom stereocenters. The predicted octanol–water partition coefficient (Wildman–Crippen LogP) is 3.01. The lowest BCUT2D eigenvalue weighted by Gasteiger charge is -2.18. The SMILES string of the molecule is COc1cc(C2OCCCCCCO2)ccc1O. The van der Waals surface area contributed by atoms with Gasteiger partial charge < -0.3 is 19.3 Å². The van der Waals surface area contributed by atoms with Crippen LogP contribution in [-0.2, 0) is 9.47 Å². The summed E-state index contributed by atoms with van der Waals surface area (Å²) < 4.78 is 16.6. The van der Waals surface area contributed by atoms with Crippen LogP contribution >= 0.6 is 0 Å². The van der Waals surface area contributed by atoms with E-state index in [0.29, 0.717) is 19.0 Å². The van der Waals surface area contributed by atoms with E-state index in [-0.39, 0.29) is 12.0 Å². The van der Waals surface area contributed by atoms with Crippen LogP contribution in [0.1, 0.15) is 37.5 Å². The normalized spacial score (nSPS) is 18.7. The first-order chi connectivity index (χ1) is 8.81. The van der Waals surface area contributed by atoms with E-state index in [1.807, 2.05) is 0 Å². The van der Waals surface area contributed by atoms with Crippen LogP contribution in [0.3, 0.4) is 0 Å². The fourth-order valence-electron chi connectivity index (χ4n) is 2.02. The van der Waals surface area contributed by atoms with Gasteiger partial charge in [-0.2, -0.15) is 0 Å². The van der Waals surface area contributed by atoms with Crippen LogP contribution < -0.4 is 4.74 Å². The molecular weight excluding hydrogens is 232 g/mol. The van der Waals surface area contributed by atoms with E-state index in [0.717, 1.165) is 18.4 Å². The van der Waals surface area contributed by atoms with Crippen molar-refractivity contribution in [2.45, 2.75) is 32.0 Å². The van der Waals surface area contributed by atoms with Crippen molar-refractivity contribution in [3.8, 4) is 11.5 Å². The third-order valence-corrected chi connectivity index (χ3v) is 3.05. The number of phenolic OH excluding ortho intramolecular Hbond substituents is 1. The highest BCUT2D eigenvalue weighted by molar-refractivity contribution is 5.42. The Bertz CT molecular complexity index is 368. The van der Waals surface area contributed by atoms with Crippen LogP contribution in [0.25, 0.3) is 0 Å². The van der Waals surface area contributed by atoms with Crippen molar-refractivity contribution >= 4 is 0 Å². The second-order valence-corrected chi connectivity index (χ2v) is 4.42. The Morgan fingerprint density at radius 1 is 1.11 bits per heavy atom. The monoisotopic (exact) mass is 252 g/mol. The first-order valence-corrected chi connectivity index (χ1v) is 6.41. The zero-order valence-electron chi connectivity index (χ0n) is 10.7. The smallest absolute Gasteiger partial charge is 0.183 e. The predicted molar refractivity (Wildman–Crippen MR) is 67.8 cm³/mol. The number of methoxy groups -OCH3 is 1.